The van der Waals surface area contributed by atoms with E-state index in [1.54, 1.807) is 42.5 Å². The minimum absolute atomic E-state index is 0.312. The standard InChI is InChI=1S/C20H18ClN3O5/c1-28-16-7-6-15(11-17(16)29-2)24-9-8-23(19(26)20(24)27)12-18(25)22-14-5-3-4-13(21)10-14/h3-11H,12H2,1-2H3,(H,22,25). The zero-order valence-electron chi connectivity index (χ0n) is 15.7. The molecule has 150 valence electrons. The number of methoxy groups -OCH3 is 2. The molecule has 2 aromatic carbocycles. The first-order chi connectivity index (χ1) is 13.9. The van der Waals surface area contributed by atoms with Crippen molar-refractivity contribution >= 4 is 23.2 Å². The van der Waals surface area contributed by atoms with Crippen LogP contribution in [-0.4, -0.2) is 29.3 Å². The molecule has 1 amide bonds. The monoisotopic (exact) mass is 415 g/mol. The largest absolute Gasteiger partial charge is 0.493 e. The Bertz CT molecular complexity index is 1170. The van der Waals surface area contributed by atoms with Gasteiger partial charge in [-0.1, -0.05) is 17.7 Å². The van der Waals surface area contributed by atoms with Crippen LogP contribution in [0.2, 0.25) is 5.02 Å². The number of ether oxygens (including phenoxy) is 2. The van der Waals surface area contributed by atoms with Gasteiger partial charge in [0.1, 0.15) is 6.54 Å². The van der Waals surface area contributed by atoms with E-state index in [1.165, 1.54) is 31.2 Å². The second kappa shape index (κ2) is 8.66. The fourth-order valence-electron chi connectivity index (χ4n) is 2.73. The summed E-state index contributed by atoms with van der Waals surface area (Å²) in [4.78, 5) is 37.2. The summed E-state index contributed by atoms with van der Waals surface area (Å²) in [6.45, 7) is -0.312. The van der Waals surface area contributed by atoms with Crippen molar-refractivity contribution in [3.8, 4) is 17.2 Å². The number of rotatable bonds is 6. The van der Waals surface area contributed by atoms with Crippen LogP contribution in [0.1, 0.15) is 0 Å². The van der Waals surface area contributed by atoms with Gasteiger partial charge in [0.2, 0.25) is 5.91 Å². The van der Waals surface area contributed by atoms with E-state index < -0.39 is 17.0 Å². The lowest BCUT2D eigenvalue weighted by Gasteiger charge is -2.12. The van der Waals surface area contributed by atoms with E-state index in [2.05, 4.69) is 5.32 Å². The first kappa shape index (κ1) is 20.2. The molecule has 0 fully saturated rings. The van der Waals surface area contributed by atoms with Gasteiger partial charge in [-0.05, 0) is 30.3 Å². The third-order valence-corrected chi connectivity index (χ3v) is 4.36. The third kappa shape index (κ3) is 4.49. The summed E-state index contributed by atoms with van der Waals surface area (Å²) in [6, 6.07) is 11.4. The molecule has 1 N–H and O–H groups in total. The van der Waals surface area contributed by atoms with Gasteiger partial charge in [0.25, 0.3) is 0 Å². The van der Waals surface area contributed by atoms with Gasteiger partial charge in [0.05, 0.1) is 19.9 Å². The minimum atomic E-state index is -0.830. The summed E-state index contributed by atoms with van der Waals surface area (Å²) in [7, 11) is 2.97. The zero-order valence-corrected chi connectivity index (χ0v) is 16.5. The predicted molar refractivity (Wildman–Crippen MR) is 109 cm³/mol. The second-order valence-electron chi connectivity index (χ2n) is 6.00. The maximum absolute atomic E-state index is 12.5. The molecule has 9 heteroatoms. The fraction of sp³-hybridized carbons (Fsp3) is 0.150. The number of nitrogens with zero attached hydrogens (tertiary/aromatic N) is 2. The van der Waals surface area contributed by atoms with Gasteiger partial charge >= 0.3 is 11.1 Å². The number of hydrogen-bond acceptors (Lipinski definition) is 5. The highest BCUT2D eigenvalue weighted by atomic mass is 35.5. The quantitative estimate of drug-likeness (QED) is 0.624. The number of aromatic nitrogens is 2. The van der Waals surface area contributed by atoms with E-state index in [4.69, 9.17) is 21.1 Å². The number of carbonyl (C=O) groups is 1. The van der Waals surface area contributed by atoms with E-state index in [0.717, 1.165) is 4.57 Å². The maximum atomic E-state index is 12.5. The summed E-state index contributed by atoms with van der Waals surface area (Å²) in [5.41, 5.74) is -0.701. The van der Waals surface area contributed by atoms with Crippen LogP contribution in [0.4, 0.5) is 5.69 Å². The highest BCUT2D eigenvalue weighted by Gasteiger charge is 2.12. The van der Waals surface area contributed by atoms with Crippen LogP contribution in [0.3, 0.4) is 0 Å². The molecule has 0 aliphatic heterocycles. The summed E-state index contributed by atoms with van der Waals surface area (Å²) in [5, 5.41) is 3.10. The topological polar surface area (TPSA) is 91.6 Å². The van der Waals surface area contributed by atoms with Crippen LogP contribution in [-0.2, 0) is 11.3 Å². The van der Waals surface area contributed by atoms with Crippen molar-refractivity contribution in [1.29, 1.82) is 0 Å². The number of amides is 1. The van der Waals surface area contributed by atoms with Crippen molar-refractivity contribution in [2.75, 3.05) is 19.5 Å². The van der Waals surface area contributed by atoms with E-state index in [0.29, 0.717) is 27.9 Å². The van der Waals surface area contributed by atoms with E-state index in [9.17, 15) is 14.4 Å². The smallest absolute Gasteiger partial charge is 0.320 e. The molecule has 0 atom stereocenters. The van der Waals surface area contributed by atoms with Crippen LogP contribution in [0.25, 0.3) is 5.69 Å². The number of anilines is 1. The number of halogens is 1. The molecule has 0 spiro atoms. The van der Waals surface area contributed by atoms with Crippen molar-refractivity contribution in [1.82, 2.24) is 9.13 Å². The Kier molecular flexibility index (Phi) is 6.04. The number of nitrogens with one attached hydrogen (secondary N) is 1. The van der Waals surface area contributed by atoms with Crippen molar-refractivity contribution < 1.29 is 14.3 Å². The molecule has 0 unspecified atom stereocenters. The molecule has 0 saturated carbocycles. The fourth-order valence-corrected chi connectivity index (χ4v) is 2.92. The molecule has 0 bridgehead atoms. The minimum Gasteiger partial charge on any atom is -0.493 e. The maximum Gasteiger partial charge on any atom is 0.320 e. The van der Waals surface area contributed by atoms with Crippen LogP contribution in [0, 0.1) is 0 Å². The molecule has 0 aliphatic rings. The second-order valence-corrected chi connectivity index (χ2v) is 6.44. The van der Waals surface area contributed by atoms with Gasteiger partial charge in [-0.25, -0.2) is 0 Å². The normalized spacial score (nSPS) is 10.4. The Morgan fingerprint density at radius 2 is 1.76 bits per heavy atom. The molecule has 1 heterocycles. The zero-order chi connectivity index (χ0) is 21.0. The first-order valence-electron chi connectivity index (χ1n) is 8.53. The van der Waals surface area contributed by atoms with E-state index in [-0.39, 0.29) is 6.54 Å². The lowest BCUT2D eigenvalue weighted by atomic mass is 10.2. The van der Waals surface area contributed by atoms with Crippen LogP contribution >= 0.6 is 11.6 Å². The van der Waals surface area contributed by atoms with Gasteiger partial charge in [0.15, 0.2) is 11.5 Å². The molecular weight excluding hydrogens is 398 g/mol. The average Bonchev–Trinajstić information content (AvgIpc) is 2.71. The van der Waals surface area contributed by atoms with Gasteiger partial charge < -0.3 is 14.8 Å². The average molecular weight is 416 g/mol. The molecule has 8 nitrogen and oxygen atoms in total. The Morgan fingerprint density at radius 1 is 1.00 bits per heavy atom. The van der Waals surface area contributed by atoms with Crippen molar-refractivity contribution in [2.24, 2.45) is 0 Å². The van der Waals surface area contributed by atoms with Crippen LogP contribution < -0.4 is 25.9 Å². The van der Waals surface area contributed by atoms with Crippen LogP contribution in [0.5, 0.6) is 11.5 Å². The molecule has 3 aromatic rings. The van der Waals surface area contributed by atoms with E-state index >= 15 is 0 Å². The molecule has 1 aromatic heterocycles. The Balaban J connectivity index is 1.85. The van der Waals surface area contributed by atoms with Crippen LogP contribution in [0.15, 0.2) is 64.4 Å². The molecule has 29 heavy (non-hydrogen) atoms. The number of carbonyl (C=O) groups excluding carboxylic acids is 1. The lowest BCUT2D eigenvalue weighted by molar-refractivity contribution is -0.116. The molecule has 0 aliphatic carbocycles. The summed E-state index contributed by atoms with van der Waals surface area (Å²) < 4.78 is 12.6. The Hall–Kier alpha value is -3.52. The SMILES string of the molecule is COc1ccc(-n2ccn(CC(=O)Nc3cccc(Cl)c3)c(=O)c2=O)cc1OC. The molecular formula is C20H18ClN3O5. The van der Waals surface area contributed by atoms with Gasteiger partial charge in [-0.15, -0.1) is 0 Å². The summed E-state index contributed by atoms with van der Waals surface area (Å²) in [6.07, 6.45) is 2.79. The third-order valence-electron chi connectivity index (χ3n) is 4.13. The van der Waals surface area contributed by atoms with Crippen molar-refractivity contribution in [3.63, 3.8) is 0 Å². The summed E-state index contributed by atoms with van der Waals surface area (Å²) >= 11 is 5.88. The molecule has 0 radical (unpaired) electrons. The van der Waals surface area contributed by atoms with E-state index in [1.807, 2.05) is 0 Å². The lowest BCUT2D eigenvalue weighted by Crippen LogP contribution is -2.41. The number of benzene rings is 2. The Labute approximate surface area is 170 Å². The summed E-state index contributed by atoms with van der Waals surface area (Å²) in [5.74, 6) is 0.454. The molecule has 3 rings (SSSR count). The Morgan fingerprint density at radius 3 is 2.45 bits per heavy atom. The molecule has 0 saturated heterocycles. The van der Waals surface area contributed by atoms with Gasteiger partial charge in [-0.2, -0.15) is 0 Å². The number of hydrogen-bond donors (Lipinski definition) is 1. The van der Waals surface area contributed by atoms with Gasteiger partial charge in [0, 0.05) is 29.2 Å². The highest BCUT2D eigenvalue weighted by Crippen LogP contribution is 2.28. The highest BCUT2D eigenvalue weighted by molar-refractivity contribution is 6.30. The predicted octanol–water partition coefficient (Wildman–Crippen LogP) is 2.31. The van der Waals surface area contributed by atoms with Crippen molar-refractivity contribution in [2.45, 2.75) is 6.54 Å². The van der Waals surface area contributed by atoms with Crippen molar-refractivity contribution in [3.05, 3.63) is 80.6 Å². The first-order valence-corrected chi connectivity index (χ1v) is 8.90. The van der Waals surface area contributed by atoms with Gasteiger partial charge in [-0.3, -0.25) is 23.5 Å².